The Balaban J connectivity index is 3.26. The van der Waals surface area contributed by atoms with Crippen LogP contribution in [-0.4, -0.2) is 40.4 Å². The number of likely N-dealkylation sites (N-methyl/N-ethyl adjacent to an activating group) is 1. The fraction of sp³-hybridized carbons (Fsp3) is 0.455. The highest BCUT2D eigenvalue weighted by Crippen LogP contribution is 2.25. The van der Waals surface area contributed by atoms with E-state index in [2.05, 4.69) is 4.98 Å². The van der Waals surface area contributed by atoms with Crippen LogP contribution in [0.25, 0.3) is 0 Å². The molecule has 94 valence electrons. The number of aromatic nitrogens is 1. The molecule has 0 aliphatic rings. The van der Waals surface area contributed by atoms with Gasteiger partial charge in [-0.15, -0.1) is 0 Å². The second-order valence-corrected chi connectivity index (χ2v) is 4.47. The summed E-state index contributed by atoms with van der Waals surface area (Å²) < 4.78 is 0. The molecule has 0 amide bonds. The molecule has 1 rings (SSSR count). The van der Waals surface area contributed by atoms with E-state index in [1.165, 1.54) is 12.3 Å². The van der Waals surface area contributed by atoms with Crippen LogP contribution in [0.15, 0.2) is 12.3 Å². The molecule has 1 heterocycles. The smallest absolute Gasteiger partial charge is 0.339 e. The highest BCUT2D eigenvalue weighted by Gasteiger charge is 2.27. The van der Waals surface area contributed by atoms with Gasteiger partial charge in [0, 0.05) is 7.05 Å². The van der Waals surface area contributed by atoms with E-state index in [9.17, 15) is 9.90 Å². The summed E-state index contributed by atoms with van der Waals surface area (Å²) in [6, 6.07) is 1.36. The Kier molecular flexibility index (Phi) is 3.57. The number of pyridine rings is 1. The number of aliphatic hydroxyl groups excluding tert-OH is 1. The third kappa shape index (κ3) is 2.65. The Morgan fingerprint density at radius 3 is 2.65 bits per heavy atom. The normalized spacial score (nSPS) is 11.3. The molecule has 0 radical (unpaired) electrons. The van der Waals surface area contributed by atoms with E-state index in [-0.39, 0.29) is 18.0 Å². The van der Waals surface area contributed by atoms with Gasteiger partial charge in [0.25, 0.3) is 0 Å². The van der Waals surface area contributed by atoms with E-state index < -0.39 is 11.5 Å². The van der Waals surface area contributed by atoms with Gasteiger partial charge >= 0.3 is 5.97 Å². The van der Waals surface area contributed by atoms with Gasteiger partial charge in [-0.05, 0) is 19.9 Å². The Morgan fingerprint density at radius 1 is 1.59 bits per heavy atom. The largest absolute Gasteiger partial charge is 0.478 e. The second kappa shape index (κ2) is 4.58. The van der Waals surface area contributed by atoms with Crippen LogP contribution in [0.4, 0.5) is 11.5 Å². The number of nitrogens with two attached hydrogens (primary N) is 1. The summed E-state index contributed by atoms with van der Waals surface area (Å²) in [6.45, 7) is 3.46. The minimum Gasteiger partial charge on any atom is -0.478 e. The Morgan fingerprint density at radius 2 is 2.18 bits per heavy atom. The van der Waals surface area contributed by atoms with Crippen LogP contribution in [-0.2, 0) is 0 Å². The molecule has 4 N–H and O–H groups in total. The lowest BCUT2D eigenvalue weighted by atomic mass is 10.0. The zero-order chi connectivity index (χ0) is 13.2. The molecule has 6 heteroatoms. The van der Waals surface area contributed by atoms with Gasteiger partial charge in [0.05, 0.1) is 24.0 Å². The molecule has 0 atom stereocenters. The Labute approximate surface area is 99.7 Å². The molecule has 0 aliphatic carbocycles. The van der Waals surface area contributed by atoms with E-state index in [0.29, 0.717) is 5.69 Å². The molecule has 0 saturated heterocycles. The molecule has 0 spiro atoms. The van der Waals surface area contributed by atoms with Crippen LogP contribution < -0.4 is 10.6 Å². The molecule has 0 fully saturated rings. The van der Waals surface area contributed by atoms with Crippen molar-refractivity contribution in [3.05, 3.63) is 17.8 Å². The third-order valence-electron chi connectivity index (χ3n) is 2.73. The van der Waals surface area contributed by atoms with Gasteiger partial charge in [0.1, 0.15) is 11.4 Å². The highest BCUT2D eigenvalue weighted by molar-refractivity contribution is 5.94. The van der Waals surface area contributed by atoms with Crippen LogP contribution in [0.3, 0.4) is 0 Å². The molecule has 0 unspecified atom stereocenters. The number of carbonyl (C=O) groups is 1. The first kappa shape index (κ1) is 13.2. The SMILES string of the molecule is CN(c1ncc(N)cc1C(=O)O)C(C)(C)CO. The third-order valence-corrected chi connectivity index (χ3v) is 2.73. The van der Waals surface area contributed by atoms with E-state index in [1.54, 1.807) is 25.8 Å². The molecule has 1 aromatic rings. The lowest BCUT2D eigenvalue weighted by molar-refractivity contribution is 0.0696. The lowest BCUT2D eigenvalue weighted by Crippen LogP contribution is -2.45. The van der Waals surface area contributed by atoms with Gasteiger partial charge < -0.3 is 20.8 Å². The van der Waals surface area contributed by atoms with Gasteiger partial charge in [-0.3, -0.25) is 0 Å². The van der Waals surface area contributed by atoms with Gasteiger partial charge in [0.15, 0.2) is 0 Å². The summed E-state index contributed by atoms with van der Waals surface area (Å²) in [7, 11) is 1.68. The molecule has 1 aromatic heterocycles. The van der Waals surface area contributed by atoms with Gasteiger partial charge in [-0.25, -0.2) is 9.78 Å². The maximum Gasteiger partial charge on any atom is 0.339 e. The van der Waals surface area contributed by atoms with Crippen molar-refractivity contribution in [1.29, 1.82) is 0 Å². The number of rotatable bonds is 4. The molecule has 6 nitrogen and oxygen atoms in total. The predicted molar refractivity (Wildman–Crippen MR) is 65.2 cm³/mol. The Bertz CT molecular complexity index is 432. The molecular formula is C11H17N3O3. The van der Waals surface area contributed by atoms with Crippen LogP contribution in [0.2, 0.25) is 0 Å². The average Bonchev–Trinajstić information content (AvgIpc) is 2.28. The first-order valence-electron chi connectivity index (χ1n) is 5.13. The minimum atomic E-state index is -1.10. The van der Waals surface area contributed by atoms with Crippen molar-refractivity contribution in [2.24, 2.45) is 0 Å². The average molecular weight is 239 g/mol. The number of carboxylic acids is 1. The predicted octanol–water partition coefficient (Wildman–Crippen LogP) is 0.569. The number of nitrogens with zero attached hydrogens (tertiary/aromatic N) is 2. The fourth-order valence-corrected chi connectivity index (χ4v) is 1.29. The molecular weight excluding hydrogens is 222 g/mol. The zero-order valence-electron chi connectivity index (χ0n) is 10.1. The van der Waals surface area contributed by atoms with E-state index >= 15 is 0 Å². The standard InChI is InChI=1S/C11H17N3O3/c1-11(2,6-15)14(3)9-8(10(16)17)4-7(12)5-13-9/h4-5,15H,6,12H2,1-3H3,(H,16,17). The summed E-state index contributed by atoms with van der Waals surface area (Å²) >= 11 is 0. The number of hydrogen-bond donors (Lipinski definition) is 3. The summed E-state index contributed by atoms with van der Waals surface area (Å²) in [5.74, 6) is -0.814. The fourth-order valence-electron chi connectivity index (χ4n) is 1.29. The molecule has 0 aliphatic heterocycles. The summed E-state index contributed by atoms with van der Waals surface area (Å²) in [5.41, 5.74) is 5.22. The van der Waals surface area contributed by atoms with Crippen molar-refractivity contribution in [3.63, 3.8) is 0 Å². The molecule has 17 heavy (non-hydrogen) atoms. The Hall–Kier alpha value is -1.82. The maximum atomic E-state index is 11.1. The summed E-state index contributed by atoms with van der Waals surface area (Å²) in [6.07, 6.45) is 1.39. The van der Waals surface area contributed by atoms with Gasteiger partial charge in [-0.1, -0.05) is 0 Å². The van der Waals surface area contributed by atoms with Gasteiger partial charge in [-0.2, -0.15) is 0 Å². The van der Waals surface area contributed by atoms with Crippen LogP contribution in [0, 0.1) is 0 Å². The first-order chi connectivity index (χ1) is 7.79. The maximum absolute atomic E-state index is 11.1. The number of anilines is 2. The number of aromatic carboxylic acids is 1. The van der Waals surface area contributed by atoms with E-state index in [1.807, 2.05) is 0 Å². The van der Waals surface area contributed by atoms with Gasteiger partial charge in [0.2, 0.25) is 0 Å². The number of aliphatic hydroxyl groups is 1. The van der Waals surface area contributed by atoms with Crippen molar-refractivity contribution in [2.45, 2.75) is 19.4 Å². The van der Waals surface area contributed by atoms with Crippen molar-refractivity contribution in [3.8, 4) is 0 Å². The van der Waals surface area contributed by atoms with Crippen molar-refractivity contribution in [1.82, 2.24) is 4.98 Å². The van der Waals surface area contributed by atoms with Crippen molar-refractivity contribution in [2.75, 3.05) is 24.3 Å². The van der Waals surface area contributed by atoms with Crippen LogP contribution >= 0.6 is 0 Å². The van der Waals surface area contributed by atoms with E-state index in [4.69, 9.17) is 10.8 Å². The van der Waals surface area contributed by atoms with Crippen LogP contribution in [0.5, 0.6) is 0 Å². The minimum absolute atomic E-state index is 0.0222. The molecule has 0 aromatic carbocycles. The second-order valence-electron chi connectivity index (χ2n) is 4.47. The topological polar surface area (TPSA) is 99.7 Å². The summed E-state index contributed by atoms with van der Waals surface area (Å²) in [5, 5.41) is 18.4. The van der Waals surface area contributed by atoms with E-state index in [0.717, 1.165) is 0 Å². The van der Waals surface area contributed by atoms with Crippen molar-refractivity contribution < 1.29 is 15.0 Å². The highest BCUT2D eigenvalue weighted by atomic mass is 16.4. The number of hydrogen-bond acceptors (Lipinski definition) is 5. The van der Waals surface area contributed by atoms with Crippen molar-refractivity contribution >= 4 is 17.5 Å². The quantitative estimate of drug-likeness (QED) is 0.710. The monoisotopic (exact) mass is 239 g/mol. The molecule has 0 bridgehead atoms. The number of carboxylic acid groups (broad SMARTS) is 1. The molecule has 0 saturated carbocycles. The lowest BCUT2D eigenvalue weighted by Gasteiger charge is -2.35. The first-order valence-corrected chi connectivity index (χ1v) is 5.13. The zero-order valence-corrected chi connectivity index (χ0v) is 10.1. The summed E-state index contributed by atoms with van der Waals surface area (Å²) in [4.78, 5) is 16.8. The van der Waals surface area contributed by atoms with Crippen LogP contribution in [0.1, 0.15) is 24.2 Å². The number of nitrogen functional groups attached to an aromatic ring is 1.